The van der Waals surface area contributed by atoms with Crippen LogP contribution < -0.4 is 0 Å². The molecule has 8 heavy (non-hydrogen) atoms. The minimum absolute atomic E-state index is 0.0127. The van der Waals surface area contributed by atoms with Crippen molar-refractivity contribution in [2.24, 2.45) is 0 Å². The lowest BCUT2D eigenvalue weighted by Crippen LogP contribution is -2.20. The Morgan fingerprint density at radius 1 is 1.88 bits per heavy atom. The standard InChI is InChI=1S/C5H7NO2/c1-5(7)6-2-3-8-4-6/h2-3H,4H2,1H3. The van der Waals surface area contributed by atoms with Crippen LogP contribution in [0.1, 0.15) is 6.92 Å². The van der Waals surface area contributed by atoms with Gasteiger partial charge in [0, 0.05) is 13.1 Å². The quantitative estimate of drug-likeness (QED) is 0.452. The molecule has 0 spiro atoms. The van der Waals surface area contributed by atoms with Crippen molar-refractivity contribution in [3.63, 3.8) is 0 Å². The van der Waals surface area contributed by atoms with Gasteiger partial charge >= 0.3 is 0 Å². The van der Waals surface area contributed by atoms with Gasteiger partial charge in [-0.2, -0.15) is 0 Å². The molecule has 0 unspecified atom stereocenters. The van der Waals surface area contributed by atoms with Crippen LogP contribution in [0.3, 0.4) is 0 Å². The molecule has 0 saturated heterocycles. The Morgan fingerprint density at radius 3 is 2.88 bits per heavy atom. The van der Waals surface area contributed by atoms with Crippen molar-refractivity contribution in [1.82, 2.24) is 4.90 Å². The molecule has 3 heteroatoms. The molecule has 0 fully saturated rings. The van der Waals surface area contributed by atoms with Crippen LogP contribution in [0.5, 0.6) is 0 Å². The number of amides is 1. The zero-order chi connectivity index (χ0) is 5.98. The van der Waals surface area contributed by atoms with Crippen LogP contribution in [0.15, 0.2) is 12.5 Å². The average molecular weight is 113 g/mol. The minimum atomic E-state index is 0.0127. The molecule has 0 bridgehead atoms. The zero-order valence-corrected chi connectivity index (χ0v) is 4.63. The van der Waals surface area contributed by atoms with E-state index in [1.165, 1.54) is 18.1 Å². The van der Waals surface area contributed by atoms with Crippen LogP contribution in [0, 0.1) is 0 Å². The van der Waals surface area contributed by atoms with Gasteiger partial charge < -0.3 is 4.74 Å². The molecule has 0 saturated carbocycles. The molecule has 3 nitrogen and oxygen atoms in total. The molecule has 1 amide bonds. The first-order valence-corrected chi connectivity index (χ1v) is 2.36. The highest BCUT2D eigenvalue weighted by atomic mass is 16.5. The summed E-state index contributed by atoms with van der Waals surface area (Å²) >= 11 is 0. The second-order valence-electron chi connectivity index (χ2n) is 1.57. The van der Waals surface area contributed by atoms with E-state index in [2.05, 4.69) is 0 Å². The summed E-state index contributed by atoms with van der Waals surface area (Å²) in [7, 11) is 0. The Kier molecular flexibility index (Phi) is 1.20. The SMILES string of the molecule is CC(=O)N1C=COC1. The summed E-state index contributed by atoms with van der Waals surface area (Å²) in [6, 6.07) is 0. The van der Waals surface area contributed by atoms with Crippen molar-refractivity contribution in [2.45, 2.75) is 6.92 Å². The third-order valence-corrected chi connectivity index (χ3v) is 0.955. The third-order valence-electron chi connectivity index (χ3n) is 0.955. The van der Waals surface area contributed by atoms with E-state index in [1.54, 1.807) is 6.20 Å². The minimum Gasteiger partial charge on any atom is -0.479 e. The largest absolute Gasteiger partial charge is 0.479 e. The molecule has 1 heterocycles. The summed E-state index contributed by atoms with van der Waals surface area (Å²) in [5.74, 6) is 0.0127. The van der Waals surface area contributed by atoms with Gasteiger partial charge in [-0.05, 0) is 0 Å². The van der Waals surface area contributed by atoms with Gasteiger partial charge in [0.25, 0.3) is 0 Å². The highest BCUT2D eigenvalue weighted by Gasteiger charge is 2.07. The Labute approximate surface area is 47.5 Å². The molecule has 1 aliphatic heterocycles. The van der Waals surface area contributed by atoms with Gasteiger partial charge in [0.2, 0.25) is 5.91 Å². The molecule has 44 valence electrons. The first kappa shape index (κ1) is 5.15. The molecule has 1 rings (SSSR count). The number of hydrogen-bond donors (Lipinski definition) is 0. The number of carbonyl (C=O) groups excluding carboxylic acids is 1. The second kappa shape index (κ2) is 1.86. The Balaban J connectivity index is 2.48. The summed E-state index contributed by atoms with van der Waals surface area (Å²) in [6.45, 7) is 1.87. The summed E-state index contributed by atoms with van der Waals surface area (Å²) < 4.78 is 4.74. The zero-order valence-electron chi connectivity index (χ0n) is 4.63. The third kappa shape index (κ3) is 0.804. The molecular formula is C5H7NO2. The lowest BCUT2D eigenvalue weighted by Gasteiger charge is -2.05. The molecule has 0 N–H and O–H groups in total. The molecule has 0 radical (unpaired) electrons. The number of hydrogen-bond acceptors (Lipinski definition) is 2. The predicted octanol–water partition coefficient (Wildman–Crippen LogP) is 0.294. The van der Waals surface area contributed by atoms with Gasteiger partial charge in [0.05, 0.1) is 0 Å². The Hall–Kier alpha value is -0.990. The number of ether oxygens (including phenoxy) is 1. The fourth-order valence-corrected chi connectivity index (χ4v) is 0.479. The molecule has 0 atom stereocenters. The maximum atomic E-state index is 10.4. The van der Waals surface area contributed by atoms with Crippen molar-refractivity contribution in [3.8, 4) is 0 Å². The molecule has 0 aromatic rings. The Bertz CT molecular complexity index is 130. The highest BCUT2D eigenvalue weighted by molar-refractivity contribution is 5.74. The molecule has 0 aromatic heterocycles. The number of nitrogens with zero attached hydrogens (tertiary/aromatic N) is 1. The first-order chi connectivity index (χ1) is 3.80. The van der Waals surface area contributed by atoms with Crippen LogP contribution in [0.2, 0.25) is 0 Å². The highest BCUT2D eigenvalue weighted by Crippen LogP contribution is 1.99. The van der Waals surface area contributed by atoms with Gasteiger partial charge in [-0.15, -0.1) is 0 Å². The number of rotatable bonds is 0. The van der Waals surface area contributed by atoms with E-state index in [4.69, 9.17) is 4.74 Å². The van der Waals surface area contributed by atoms with Gasteiger partial charge in [0.15, 0.2) is 6.73 Å². The maximum Gasteiger partial charge on any atom is 0.226 e. The predicted molar refractivity (Wildman–Crippen MR) is 27.6 cm³/mol. The fourth-order valence-electron chi connectivity index (χ4n) is 0.479. The average Bonchev–Trinajstić information content (AvgIpc) is 2.12. The van der Waals surface area contributed by atoms with Crippen LogP contribution in [0.4, 0.5) is 0 Å². The number of carbonyl (C=O) groups is 1. The van der Waals surface area contributed by atoms with Crippen molar-refractivity contribution >= 4 is 5.91 Å². The van der Waals surface area contributed by atoms with Crippen molar-refractivity contribution in [3.05, 3.63) is 12.5 Å². The van der Waals surface area contributed by atoms with E-state index in [-0.39, 0.29) is 5.91 Å². The van der Waals surface area contributed by atoms with Gasteiger partial charge in [0.1, 0.15) is 6.26 Å². The van der Waals surface area contributed by atoms with E-state index in [1.807, 2.05) is 0 Å². The summed E-state index contributed by atoms with van der Waals surface area (Å²) in [5, 5.41) is 0. The van der Waals surface area contributed by atoms with Crippen molar-refractivity contribution < 1.29 is 9.53 Å². The van der Waals surface area contributed by atoms with E-state index >= 15 is 0 Å². The van der Waals surface area contributed by atoms with E-state index in [0.717, 1.165) is 0 Å². The Morgan fingerprint density at radius 2 is 2.62 bits per heavy atom. The van der Waals surface area contributed by atoms with Crippen LogP contribution >= 0.6 is 0 Å². The fraction of sp³-hybridized carbons (Fsp3) is 0.400. The first-order valence-electron chi connectivity index (χ1n) is 2.36. The van der Waals surface area contributed by atoms with Crippen LogP contribution in [0.25, 0.3) is 0 Å². The van der Waals surface area contributed by atoms with E-state index < -0.39 is 0 Å². The smallest absolute Gasteiger partial charge is 0.226 e. The molecule has 1 aliphatic rings. The monoisotopic (exact) mass is 113 g/mol. The second-order valence-corrected chi connectivity index (χ2v) is 1.57. The van der Waals surface area contributed by atoms with Gasteiger partial charge in [-0.1, -0.05) is 0 Å². The lowest BCUT2D eigenvalue weighted by atomic mass is 10.6. The van der Waals surface area contributed by atoms with Gasteiger partial charge in [-0.3, -0.25) is 9.69 Å². The molecular weight excluding hydrogens is 106 g/mol. The summed E-state index contributed by atoms with van der Waals surface area (Å²) in [5.41, 5.74) is 0. The van der Waals surface area contributed by atoms with E-state index in [0.29, 0.717) is 6.73 Å². The molecule has 0 aliphatic carbocycles. The van der Waals surface area contributed by atoms with Gasteiger partial charge in [-0.25, -0.2) is 0 Å². The summed E-state index contributed by atoms with van der Waals surface area (Å²) in [4.78, 5) is 11.9. The van der Waals surface area contributed by atoms with Crippen molar-refractivity contribution in [1.29, 1.82) is 0 Å². The van der Waals surface area contributed by atoms with Crippen LogP contribution in [-0.2, 0) is 9.53 Å². The van der Waals surface area contributed by atoms with E-state index in [9.17, 15) is 4.79 Å². The van der Waals surface area contributed by atoms with Crippen LogP contribution in [-0.4, -0.2) is 17.5 Å². The molecule has 0 aromatic carbocycles. The van der Waals surface area contributed by atoms with Crippen molar-refractivity contribution in [2.75, 3.05) is 6.73 Å². The maximum absolute atomic E-state index is 10.4. The normalized spacial score (nSPS) is 16.4. The lowest BCUT2D eigenvalue weighted by molar-refractivity contribution is -0.127. The topological polar surface area (TPSA) is 29.5 Å². The summed E-state index contributed by atoms with van der Waals surface area (Å²) in [6.07, 6.45) is 3.11.